The lowest BCUT2D eigenvalue weighted by Crippen LogP contribution is -2.13. The number of halogens is 1. The largest absolute Gasteiger partial charge is 0.393 e. The second-order valence-corrected chi connectivity index (χ2v) is 6.53. The van der Waals surface area contributed by atoms with Crippen molar-refractivity contribution in [1.29, 1.82) is 0 Å². The van der Waals surface area contributed by atoms with Crippen molar-refractivity contribution in [3.8, 4) is 0 Å². The zero-order valence-electron chi connectivity index (χ0n) is 13.2. The minimum Gasteiger partial charge on any atom is -0.393 e. The summed E-state index contributed by atoms with van der Waals surface area (Å²) >= 11 is 3.55. The van der Waals surface area contributed by atoms with Gasteiger partial charge in [0.2, 0.25) is 0 Å². The molecule has 0 radical (unpaired) electrons. The summed E-state index contributed by atoms with van der Waals surface area (Å²) in [6.45, 7) is 4.23. The molecule has 0 aromatic carbocycles. The predicted molar refractivity (Wildman–Crippen MR) is 88.0 cm³/mol. The number of nitrogens with zero attached hydrogens (tertiary/aromatic N) is 2. The molecule has 1 unspecified atom stereocenters. The Morgan fingerprint density at radius 2 is 1.75 bits per heavy atom. The first kappa shape index (κ1) is 17.7. The molecule has 1 rings (SSSR count). The van der Waals surface area contributed by atoms with Crippen LogP contribution in [0.15, 0.2) is 4.47 Å². The summed E-state index contributed by atoms with van der Waals surface area (Å²) in [4.78, 5) is 0. The van der Waals surface area contributed by atoms with E-state index in [0.29, 0.717) is 6.42 Å². The van der Waals surface area contributed by atoms with E-state index in [0.717, 1.165) is 28.7 Å². The van der Waals surface area contributed by atoms with Crippen molar-refractivity contribution in [3.05, 3.63) is 15.9 Å². The van der Waals surface area contributed by atoms with Crippen LogP contribution in [0.5, 0.6) is 0 Å². The average molecular weight is 345 g/mol. The molecule has 0 fully saturated rings. The zero-order chi connectivity index (χ0) is 15.0. The van der Waals surface area contributed by atoms with E-state index < -0.39 is 0 Å². The molecule has 0 aliphatic carbocycles. The molecule has 0 aliphatic heterocycles. The first-order valence-corrected chi connectivity index (χ1v) is 8.71. The van der Waals surface area contributed by atoms with Crippen molar-refractivity contribution < 1.29 is 5.11 Å². The SMILES string of the molecule is CCCCCCCCCC(O)Cc1c(Br)c(C)nn1C. The van der Waals surface area contributed by atoms with Gasteiger partial charge in [0.05, 0.1) is 22.0 Å². The molecule has 0 bridgehead atoms. The third-order valence-electron chi connectivity index (χ3n) is 3.83. The topological polar surface area (TPSA) is 38.1 Å². The molecule has 0 aliphatic rings. The van der Waals surface area contributed by atoms with E-state index in [1.807, 2.05) is 18.7 Å². The van der Waals surface area contributed by atoms with E-state index in [1.54, 1.807) is 0 Å². The molecule has 1 aromatic heterocycles. The molecule has 1 aromatic rings. The lowest BCUT2D eigenvalue weighted by atomic mass is 10.0. The van der Waals surface area contributed by atoms with Crippen molar-refractivity contribution in [2.45, 2.75) is 77.7 Å². The molecule has 0 amide bonds. The number of rotatable bonds is 10. The van der Waals surface area contributed by atoms with Crippen LogP contribution < -0.4 is 0 Å². The molecule has 0 saturated carbocycles. The fourth-order valence-electron chi connectivity index (χ4n) is 2.56. The second-order valence-electron chi connectivity index (χ2n) is 5.74. The summed E-state index contributed by atoms with van der Waals surface area (Å²) in [6, 6.07) is 0. The van der Waals surface area contributed by atoms with Crippen molar-refractivity contribution in [3.63, 3.8) is 0 Å². The van der Waals surface area contributed by atoms with Gasteiger partial charge in [0.25, 0.3) is 0 Å². The van der Waals surface area contributed by atoms with Crippen LogP contribution in [0.3, 0.4) is 0 Å². The van der Waals surface area contributed by atoms with Crippen molar-refractivity contribution in [2.75, 3.05) is 0 Å². The molecule has 1 heterocycles. The number of unbranched alkanes of at least 4 members (excludes halogenated alkanes) is 6. The number of aromatic nitrogens is 2. The summed E-state index contributed by atoms with van der Waals surface area (Å²) in [5, 5.41) is 14.5. The third kappa shape index (κ3) is 5.96. The Morgan fingerprint density at radius 3 is 2.30 bits per heavy atom. The van der Waals surface area contributed by atoms with E-state index >= 15 is 0 Å². The molecule has 4 heteroatoms. The first-order valence-electron chi connectivity index (χ1n) is 7.92. The van der Waals surface area contributed by atoms with E-state index in [1.165, 1.54) is 38.5 Å². The predicted octanol–water partition coefficient (Wildman–Crippen LogP) is 4.54. The molecule has 0 saturated heterocycles. The average Bonchev–Trinajstić information content (AvgIpc) is 2.64. The van der Waals surface area contributed by atoms with E-state index in [2.05, 4.69) is 28.0 Å². The molecular formula is C16H29BrN2O. The Bertz CT molecular complexity index is 390. The maximum absolute atomic E-state index is 10.1. The van der Waals surface area contributed by atoms with Crippen LogP contribution in [0.25, 0.3) is 0 Å². The molecule has 3 nitrogen and oxygen atoms in total. The van der Waals surface area contributed by atoms with Crippen LogP contribution in [0.1, 0.15) is 69.7 Å². The van der Waals surface area contributed by atoms with Gasteiger partial charge in [-0.2, -0.15) is 5.10 Å². The summed E-state index contributed by atoms with van der Waals surface area (Å²) in [6.07, 6.45) is 10.4. The van der Waals surface area contributed by atoms with Gasteiger partial charge in [0, 0.05) is 13.5 Å². The van der Waals surface area contributed by atoms with Gasteiger partial charge < -0.3 is 5.11 Å². The number of aryl methyl sites for hydroxylation is 2. The highest BCUT2D eigenvalue weighted by Gasteiger charge is 2.14. The second kappa shape index (κ2) is 9.56. The summed E-state index contributed by atoms with van der Waals surface area (Å²) in [5.74, 6) is 0. The lowest BCUT2D eigenvalue weighted by Gasteiger charge is -2.11. The van der Waals surface area contributed by atoms with E-state index in [-0.39, 0.29) is 6.10 Å². The minimum absolute atomic E-state index is 0.253. The Kier molecular flexibility index (Phi) is 8.46. The number of aliphatic hydroxyl groups is 1. The minimum atomic E-state index is -0.253. The first-order chi connectivity index (χ1) is 9.56. The maximum atomic E-state index is 10.1. The lowest BCUT2D eigenvalue weighted by molar-refractivity contribution is 0.158. The standard InChI is InChI=1S/C16H29BrN2O/c1-4-5-6-7-8-9-10-11-14(20)12-15-16(17)13(2)18-19(15)3/h14,20H,4-12H2,1-3H3. The third-order valence-corrected chi connectivity index (χ3v) is 4.86. The summed E-state index contributed by atoms with van der Waals surface area (Å²) < 4.78 is 2.91. The molecule has 0 spiro atoms. The van der Waals surface area contributed by atoms with Crippen LogP contribution in [-0.4, -0.2) is 21.0 Å². The molecular weight excluding hydrogens is 316 g/mol. The molecule has 1 atom stereocenters. The van der Waals surface area contributed by atoms with Crippen LogP contribution >= 0.6 is 15.9 Å². The van der Waals surface area contributed by atoms with Crippen LogP contribution in [0.4, 0.5) is 0 Å². The van der Waals surface area contributed by atoms with Crippen molar-refractivity contribution >= 4 is 15.9 Å². The monoisotopic (exact) mass is 344 g/mol. The fraction of sp³-hybridized carbons (Fsp3) is 0.812. The van der Waals surface area contributed by atoms with Crippen LogP contribution in [0.2, 0.25) is 0 Å². The Balaban J connectivity index is 2.19. The summed E-state index contributed by atoms with van der Waals surface area (Å²) in [5.41, 5.74) is 2.09. The van der Waals surface area contributed by atoms with E-state index in [9.17, 15) is 5.11 Å². The maximum Gasteiger partial charge on any atom is 0.0738 e. The van der Waals surface area contributed by atoms with Gasteiger partial charge in [-0.3, -0.25) is 4.68 Å². The number of aliphatic hydroxyl groups excluding tert-OH is 1. The zero-order valence-corrected chi connectivity index (χ0v) is 14.7. The van der Waals surface area contributed by atoms with Gasteiger partial charge in [-0.05, 0) is 29.3 Å². The van der Waals surface area contributed by atoms with Crippen molar-refractivity contribution in [1.82, 2.24) is 9.78 Å². The highest BCUT2D eigenvalue weighted by atomic mass is 79.9. The normalized spacial score (nSPS) is 12.8. The van der Waals surface area contributed by atoms with Gasteiger partial charge in [-0.1, -0.05) is 51.9 Å². The van der Waals surface area contributed by atoms with Crippen LogP contribution in [0, 0.1) is 6.92 Å². The van der Waals surface area contributed by atoms with E-state index in [4.69, 9.17) is 0 Å². The Labute approximate surface area is 131 Å². The fourth-order valence-corrected chi connectivity index (χ4v) is 3.06. The summed E-state index contributed by atoms with van der Waals surface area (Å²) in [7, 11) is 1.94. The molecule has 1 N–H and O–H groups in total. The highest BCUT2D eigenvalue weighted by Crippen LogP contribution is 2.22. The quantitative estimate of drug-likeness (QED) is 0.633. The van der Waals surface area contributed by atoms with Gasteiger partial charge in [-0.15, -0.1) is 0 Å². The number of hydrogen-bond acceptors (Lipinski definition) is 2. The van der Waals surface area contributed by atoms with Crippen molar-refractivity contribution in [2.24, 2.45) is 7.05 Å². The molecule has 116 valence electrons. The van der Waals surface area contributed by atoms with Gasteiger partial charge >= 0.3 is 0 Å². The molecule has 20 heavy (non-hydrogen) atoms. The van der Waals surface area contributed by atoms with Gasteiger partial charge in [0.1, 0.15) is 0 Å². The smallest absolute Gasteiger partial charge is 0.0738 e. The van der Waals surface area contributed by atoms with Crippen LogP contribution in [-0.2, 0) is 13.5 Å². The Morgan fingerprint density at radius 1 is 1.15 bits per heavy atom. The highest BCUT2D eigenvalue weighted by molar-refractivity contribution is 9.10. The van der Waals surface area contributed by atoms with Gasteiger partial charge in [-0.25, -0.2) is 0 Å². The van der Waals surface area contributed by atoms with Gasteiger partial charge in [0.15, 0.2) is 0 Å². The number of hydrogen-bond donors (Lipinski definition) is 1. The Hall–Kier alpha value is -0.350.